The van der Waals surface area contributed by atoms with Gasteiger partial charge in [0.1, 0.15) is 0 Å². The van der Waals surface area contributed by atoms with Gasteiger partial charge in [0.2, 0.25) is 0 Å². The molecule has 0 radical (unpaired) electrons. The van der Waals surface area contributed by atoms with Gasteiger partial charge in [0.05, 0.1) is 17.5 Å². The van der Waals surface area contributed by atoms with E-state index in [1.165, 1.54) is 18.5 Å². The van der Waals surface area contributed by atoms with Crippen LogP contribution in [0.3, 0.4) is 0 Å². The molecule has 6 nitrogen and oxygen atoms in total. The Morgan fingerprint density at radius 3 is 2.90 bits per heavy atom. The lowest BCUT2D eigenvalue weighted by molar-refractivity contribution is 0.418. The van der Waals surface area contributed by atoms with Crippen molar-refractivity contribution in [1.29, 1.82) is 0 Å². The number of hydrogen-bond donors (Lipinski definition) is 1. The first-order chi connectivity index (χ1) is 9.19. The van der Waals surface area contributed by atoms with E-state index >= 15 is 0 Å². The van der Waals surface area contributed by atoms with Gasteiger partial charge in [0.25, 0.3) is 5.89 Å². The number of aryl methyl sites for hydroxylation is 1. The lowest BCUT2D eigenvalue weighted by Crippen LogP contribution is -2.24. The normalized spacial score (nSPS) is 15.9. The number of halogens is 1. The van der Waals surface area contributed by atoms with Crippen molar-refractivity contribution >= 4 is 12.4 Å². The van der Waals surface area contributed by atoms with E-state index in [0.29, 0.717) is 17.9 Å². The third kappa shape index (κ3) is 2.86. The summed E-state index contributed by atoms with van der Waals surface area (Å²) in [4.78, 5) is 4.48. The summed E-state index contributed by atoms with van der Waals surface area (Å²) in [6, 6.07) is 0.335. The summed E-state index contributed by atoms with van der Waals surface area (Å²) < 4.78 is 7.31. The fourth-order valence-electron chi connectivity index (χ4n) is 2.27. The number of rotatable bonds is 5. The van der Waals surface area contributed by atoms with E-state index in [0.717, 1.165) is 17.8 Å². The topological polar surface area (TPSA) is 68.8 Å². The Kier molecular flexibility index (Phi) is 4.45. The molecule has 1 N–H and O–H groups in total. The zero-order valence-corrected chi connectivity index (χ0v) is 12.8. The number of hydrogen-bond acceptors (Lipinski definition) is 5. The molecule has 110 valence electrons. The summed E-state index contributed by atoms with van der Waals surface area (Å²) in [6.07, 6.45) is 5.04. The van der Waals surface area contributed by atoms with E-state index in [2.05, 4.69) is 27.5 Å². The minimum Gasteiger partial charge on any atom is -0.334 e. The summed E-state index contributed by atoms with van der Waals surface area (Å²) in [5.41, 5.74) is 2.21. The molecule has 2 heterocycles. The third-order valence-corrected chi connectivity index (χ3v) is 3.63. The minimum atomic E-state index is 0. The molecule has 0 spiro atoms. The van der Waals surface area contributed by atoms with Gasteiger partial charge in [-0.05, 0) is 26.8 Å². The molecule has 1 atom stereocenters. The molecular weight excluding hydrogens is 278 g/mol. The first kappa shape index (κ1) is 15.0. The molecule has 1 fully saturated rings. The van der Waals surface area contributed by atoms with Crippen LogP contribution in [0, 0.1) is 0 Å². The van der Waals surface area contributed by atoms with Crippen LogP contribution in [0.2, 0.25) is 0 Å². The fraction of sp³-hybridized carbons (Fsp3) is 0.615. The van der Waals surface area contributed by atoms with Gasteiger partial charge in [-0.25, -0.2) is 0 Å². The van der Waals surface area contributed by atoms with Crippen LogP contribution < -0.4 is 5.32 Å². The summed E-state index contributed by atoms with van der Waals surface area (Å²) in [7, 11) is 3.90. The lowest BCUT2D eigenvalue weighted by atomic mass is 10.2. The van der Waals surface area contributed by atoms with Crippen LogP contribution in [0.1, 0.15) is 37.2 Å². The standard InChI is InChI=1S/C13H19N5O.ClH/c1-8(14-2)6-11-16-13(19-17-11)10-7-15-18(3)12(10)9-4-5-9;/h7-9,14H,4-6H2,1-3H3;1H. The molecule has 0 aliphatic heterocycles. The Morgan fingerprint density at radius 2 is 2.25 bits per heavy atom. The average molecular weight is 298 g/mol. The van der Waals surface area contributed by atoms with Crippen molar-refractivity contribution in [3.8, 4) is 11.5 Å². The Hall–Kier alpha value is -1.40. The van der Waals surface area contributed by atoms with Gasteiger partial charge in [-0.15, -0.1) is 12.4 Å². The highest BCUT2D eigenvalue weighted by Gasteiger charge is 2.31. The molecule has 2 aromatic rings. The Labute approximate surface area is 124 Å². The Morgan fingerprint density at radius 1 is 1.50 bits per heavy atom. The van der Waals surface area contributed by atoms with Gasteiger partial charge < -0.3 is 9.84 Å². The molecule has 0 aromatic carbocycles. The summed E-state index contributed by atoms with van der Waals surface area (Å²) in [5.74, 6) is 1.94. The monoisotopic (exact) mass is 297 g/mol. The molecule has 7 heteroatoms. The SMILES string of the molecule is CNC(C)Cc1noc(-c2cnn(C)c2C2CC2)n1.Cl. The van der Waals surface area contributed by atoms with Gasteiger partial charge in [0, 0.05) is 25.4 Å². The molecule has 0 bridgehead atoms. The summed E-state index contributed by atoms with van der Waals surface area (Å²) in [6.45, 7) is 2.09. The second kappa shape index (κ2) is 5.93. The van der Waals surface area contributed by atoms with Crippen LogP contribution in [0.25, 0.3) is 11.5 Å². The van der Waals surface area contributed by atoms with Crippen LogP contribution in [-0.2, 0) is 13.5 Å². The summed E-state index contributed by atoms with van der Waals surface area (Å²) in [5, 5.41) is 11.5. The average Bonchev–Trinajstić information content (AvgIpc) is 3.01. The van der Waals surface area contributed by atoms with Crippen molar-refractivity contribution in [3.63, 3.8) is 0 Å². The molecule has 1 unspecified atom stereocenters. The van der Waals surface area contributed by atoms with E-state index in [-0.39, 0.29) is 12.4 Å². The molecule has 1 saturated carbocycles. The molecule has 20 heavy (non-hydrogen) atoms. The molecular formula is C13H20ClN5O. The minimum absolute atomic E-state index is 0. The second-order valence-electron chi connectivity index (χ2n) is 5.25. The lowest BCUT2D eigenvalue weighted by Gasteiger charge is -2.04. The Bertz CT molecular complexity index is 575. The maximum absolute atomic E-state index is 5.39. The molecule has 0 amide bonds. The van der Waals surface area contributed by atoms with Gasteiger partial charge in [-0.1, -0.05) is 5.16 Å². The van der Waals surface area contributed by atoms with Crippen molar-refractivity contribution in [2.75, 3.05) is 7.05 Å². The van der Waals surface area contributed by atoms with Gasteiger partial charge in [0.15, 0.2) is 5.82 Å². The first-order valence-corrected chi connectivity index (χ1v) is 6.71. The van der Waals surface area contributed by atoms with Crippen molar-refractivity contribution in [2.45, 2.75) is 38.1 Å². The van der Waals surface area contributed by atoms with Crippen LogP contribution in [0.4, 0.5) is 0 Å². The molecule has 1 aliphatic rings. The van der Waals surface area contributed by atoms with E-state index in [1.807, 2.05) is 25.0 Å². The highest BCUT2D eigenvalue weighted by Crippen LogP contribution is 2.43. The van der Waals surface area contributed by atoms with Crippen LogP contribution in [-0.4, -0.2) is 33.0 Å². The number of nitrogens with one attached hydrogen (secondary N) is 1. The Balaban J connectivity index is 0.00000147. The summed E-state index contributed by atoms with van der Waals surface area (Å²) >= 11 is 0. The van der Waals surface area contributed by atoms with E-state index in [9.17, 15) is 0 Å². The van der Waals surface area contributed by atoms with Gasteiger partial charge in [-0.2, -0.15) is 10.1 Å². The molecule has 2 aromatic heterocycles. The van der Waals surface area contributed by atoms with Crippen molar-refractivity contribution < 1.29 is 4.52 Å². The van der Waals surface area contributed by atoms with Crippen LogP contribution in [0.5, 0.6) is 0 Å². The zero-order chi connectivity index (χ0) is 13.4. The highest BCUT2D eigenvalue weighted by atomic mass is 35.5. The maximum atomic E-state index is 5.39. The number of likely N-dealkylation sites (N-methyl/N-ethyl adjacent to an activating group) is 1. The highest BCUT2D eigenvalue weighted by molar-refractivity contribution is 5.85. The zero-order valence-electron chi connectivity index (χ0n) is 12.0. The third-order valence-electron chi connectivity index (χ3n) is 3.63. The van der Waals surface area contributed by atoms with Crippen LogP contribution in [0.15, 0.2) is 10.7 Å². The van der Waals surface area contributed by atoms with Gasteiger partial charge in [-0.3, -0.25) is 4.68 Å². The molecule has 1 aliphatic carbocycles. The number of aromatic nitrogens is 4. The first-order valence-electron chi connectivity index (χ1n) is 6.71. The van der Waals surface area contributed by atoms with Crippen LogP contribution >= 0.6 is 12.4 Å². The van der Waals surface area contributed by atoms with E-state index in [1.54, 1.807) is 0 Å². The predicted octanol–water partition coefficient (Wildman–Crippen LogP) is 1.92. The molecule has 3 rings (SSSR count). The second-order valence-corrected chi connectivity index (χ2v) is 5.25. The largest absolute Gasteiger partial charge is 0.334 e. The van der Waals surface area contributed by atoms with Crippen molar-refractivity contribution in [2.24, 2.45) is 7.05 Å². The predicted molar refractivity (Wildman–Crippen MR) is 77.9 cm³/mol. The fourth-order valence-corrected chi connectivity index (χ4v) is 2.27. The van der Waals surface area contributed by atoms with Gasteiger partial charge >= 0.3 is 0 Å². The quantitative estimate of drug-likeness (QED) is 0.913. The van der Waals surface area contributed by atoms with E-state index in [4.69, 9.17) is 4.52 Å². The van der Waals surface area contributed by atoms with Crippen molar-refractivity contribution in [1.82, 2.24) is 25.2 Å². The van der Waals surface area contributed by atoms with E-state index < -0.39 is 0 Å². The smallest absolute Gasteiger partial charge is 0.261 e. The number of nitrogens with zero attached hydrogens (tertiary/aromatic N) is 4. The molecule has 0 saturated heterocycles. The maximum Gasteiger partial charge on any atom is 0.261 e. The van der Waals surface area contributed by atoms with Crippen molar-refractivity contribution in [3.05, 3.63) is 17.7 Å².